The van der Waals surface area contributed by atoms with E-state index in [1.165, 1.54) is 6.42 Å². The van der Waals surface area contributed by atoms with Crippen molar-refractivity contribution in [1.29, 1.82) is 0 Å². The molecule has 0 bridgehead atoms. The van der Waals surface area contributed by atoms with Crippen LogP contribution >= 0.6 is 12.4 Å². The maximum Gasteiger partial charge on any atom is 0.0936 e. The molecule has 4 heteroatoms. The zero-order valence-electron chi connectivity index (χ0n) is 12.5. The van der Waals surface area contributed by atoms with Crippen molar-refractivity contribution in [2.24, 2.45) is 5.92 Å². The molecule has 0 radical (unpaired) electrons. The van der Waals surface area contributed by atoms with Gasteiger partial charge in [0.15, 0.2) is 0 Å². The summed E-state index contributed by atoms with van der Waals surface area (Å²) in [6.45, 7) is 4.66. The highest BCUT2D eigenvalue weighted by Gasteiger charge is 2.40. The van der Waals surface area contributed by atoms with Crippen molar-refractivity contribution in [2.75, 3.05) is 32.8 Å². The van der Waals surface area contributed by atoms with E-state index in [0.717, 1.165) is 57.7 Å². The Bertz CT molecular complexity index is 422. The summed E-state index contributed by atoms with van der Waals surface area (Å²) in [6, 6.07) is 10.3. The van der Waals surface area contributed by atoms with Crippen molar-refractivity contribution in [3.63, 3.8) is 0 Å². The zero-order valence-corrected chi connectivity index (χ0v) is 13.4. The van der Waals surface area contributed by atoms with Gasteiger partial charge in [-0.1, -0.05) is 43.2 Å². The van der Waals surface area contributed by atoms with E-state index in [1.54, 1.807) is 0 Å². The van der Waals surface area contributed by atoms with E-state index in [-0.39, 0.29) is 12.4 Å². The molecule has 1 N–H and O–H groups in total. The first kappa shape index (κ1) is 16.8. The third kappa shape index (κ3) is 3.78. The minimum atomic E-state index is -0.641. The first-order chi connectivity index (χ1) is 9.79. The van der Waals surface area contributed by atoms with Gasteiger partial charge in [-0.05, 0) is 18.4 Å². The van der Waals surface area contributed by atoms with Crippen LogP contribution in [0.25, 0.3) is 0 Å². The van der Waals surface area contributed by atoms with Gasteiger partial charge < -0.3 is 9.84 Å². The number of nitrogens with zero attached hydrogens (tertiary/aromatic N) is 1. The number of morpholine rings is 1. The molecule has 3 nitrogen and oxygen atoms in total. The number of hydrogen-bond donors (Lipinski definition) is 1. The molecule has 0 aromatic heterocycles. The van der Waals surface area contributed by atoms with Gasteiger partial charge in [0.25, 0.3) is 0 Å². The average molecular weight is 312 g/mol. The van der Waals surface area contributed by atoms with E-state index in [9.17, 15) is 5.11 Å². The predicted molar refractivity (Wildman–Crippen MR) is 86.8 cm³/mol. The topological polar surface area (TPSA) is 32.7 Å². The Hall–Kier alpha value is -0.610. The van der Waals surface area contributed by atoms with E-state index >= 15 is 0 Å². The third-order valence-electron chi connectivity index (χ3n) is 4.89. The van der Waals surface area contributed by atoms with E-state index in [1.807, 2.05) is 18.2 Å². The molecule has 0 spiro atoms. The number of hydrogen-bond acceptors (Lipinski definition) is 3. The Morgan fingerprint density at radius 2 is 1.86 bits per heavy atom. The smallest absolute Gasteiger partial charge is 0.0936 e. The van der Waals surface area contributed by atoms with Crippen LogP contribution < -0.4 is 0 Å². The molecule has 1 aliphatic heterocycles. The van der Waals surface area contributed by atoms with Crippen LogP contribution in [0.5, 0.6) is 0 Å². The lowest BCUT2D eigenvalue weighted by molar-refractivity contribution is -0.0745. The van der Waals surface area contributed by atoms with Crippen molar-refractivity contribution in [3.8, 4) is 0 Å². The number of benzene rings is 1. The van der Waals surface area contributed by atoms with Crippen molar-refractivity contribution in [3.05, 3.63) is 35.9 Å². The maximum absolute atomic E-state index is 11.3. The summed E-state index contributed by atoms with van der Waals surface area (Å²) in [7, 11) is 0. The molecule has 1 aliphatic carbocycles. The summed E-state index contributed by atoms with van der Waals surface area (Å²) >= 11 is 0. The van der Waals surface area contributed by atoms with Crippen LogP contribution in [0, 0.1) is 5.92 Å². The molecule has 1 saturated carbocycles. The molecule has 0 amide bonds. The van der Waals surface area contributed by atoms with Gasteiger partial charge in [-0.15, -0.1) is 12.4 Å². The van der Waals surface area contributed by atoms with Gasteiger partial charge in [-0.2, -0.15) is 0 Å². The fraction of sp³-hybridized carbons (Fsp3) is 0.647. The summed E-state index contributed by atoms with van der Waals surface area (Å²) < 4.78 is 5.42. The lowest BCUT2D eigenvalue weighted by atomic mass is 9.71. The largest absolute Gasteiger partial charge is 0.385 e. The van der Waals surface area contributed by atoms with Crippen LogP contribution in [0.2, 0.25) is 0 Å². The van der Waals surface area contributed by atoms with Gasteiger partial charge in [0.05, 0.1) is 18.8 Å². The fourth-order valence-corrected chi connectivity index (χ4v) is 3.67. The SMILES string of the molecule is Cl.OC1(c2ccccc2)CCCCC1CN1CCOCC1. The predicted octanol–water partition coefficient (Wildman–Crippen LogP) is 2.82. The van der Waals surface area contributed by atoms with Crippen LogP contribution in [0.3, 0.4) is 0 Å². The van der Waals surface area contributed by atoms with E-state index < -0.39 is 5.60 Å². The molecular weight excluding hydrogens is 286 g/mol. The summed E-state index contributed by atoms with van der Waals surface area (Å²) in [5.74, 6) is 0.344. The van der Waals surface area contributed by atoms with Crippen LogP contribution in [-0.4, -0.2) is 42.9 Å². The molecule has 1 saturated heterocycles. The van der Waals surface area contributed by atoms with Crippen molar-refractivity contribution >= 4 is 12.4 Å². The Morgan fingerprint density at radius 3 is 2.57 bits per heavy atom. The summed E-state index contributed by atoms with van der Waals surface area (Å²) in [5, 5.41) is 11.3. The van der Waals surface area contributed by atoms with Crippen LogP contribution in [0.1, 0.15) is 31.2 Å². The van der Waals surface area contributed by atoms with Gasteiger partial charge >= 0.3 is 0 Å². The standard InChI is InChI=1S/C17H25NO2.ClH/c19-17(15-6-2-1-3-7-15)9-5-4-8-16(17)14-18-10-12-20-13-11-18;/h1-3,6-7,16,19H,4-5,8-14H2;1H. The minimum absolute atomic E-state index is 0. The molecule has 2 aliphatic rings. The second-order valence-corrected chi connectivity index (χ2v) is 6.15. The molecule has 2 atom stereocenters. The average Bonchev–Trinajstić information content (AvgIpc) is 2.52. The molecular formula is C17H26ClNO2. The van der Waals surface area contributed by atoms with Gasteiger partial charge in [-0.25, -0.2) is 0 Å². The molecule has 3 rings (SSSR count). The van der Waals surface area contributed by atoms with Gasteiger partial charge in [0.1, 0.15) is 0 Å². The monoisotopic (exact) mass is 311 g/mol. The zero-order chi connectivity index (χ0) is 13.8. The molecule has 1 aromatic rings. The van der Waals surface area contributed by atoms with E-state index in [2.05, 4.69) is 17.0 Å². The van der Waals surface area contributed by atoms with Gasteiger partial charge in [0.2, 0.25) is 0 Å². The first-order valence-electron chi connectivity index (χ1n) is 7.87. The number of aliphatic hydroxyl groups is 1. The normalized spacial score (nSPS) is 30.6. The maximum atomic E-state index is 11.3. The molecule has 2 unspecified atom stereocenters. The van der Waals surface area contributed by atoms with E-state index in [0.29, 0.717) is 5.92 Å². The second-order valence-electron chi connectivity index (χ2n) is 6.15. The Morgan fingerprint density at radius 1 is 1.14 bits per heavy atom. The van der Waals surface area contributed by atoms with Crippen molar-refractivity contribution in [1.82, 2.24) is 4.90 Å². The Kier molecular flexibility index (Phi) is 6.06. The summed E-state index contributed by atoms with van der Waals surface area (Å²) in [6.07, 6.45) is 4.39. The van der Waals surface area contributed by atoms with Crippen molar-refractivity contribution < 1.29 is 9.84 Å². The second kappa shape index (κ2) is 7.59. The van der Waals surface area contributed by atoms with Crippen LogP contribution in [0.15, 0.2) is 30.3 Å². The first-order valence-corrected chi connectivity index (χ1v) is 7.87. The summed E-state index contributed by atoms with van der Waals surface area (Å²) in [5.41, 5.74) is 0.454. The molecule has 21 heavy (non-hydrogen) atoms. The number of halogens is 1. The Balaban J connectivity index is 0.00000161. The van der Waals surface area contributed by atoms with Gasteiger partial charge in [-0.3, -0.25) is 4.90 Å². The highest BCUT2D eigenvalue weighted by atomic mass is 35.5. The molecule has 118 valence electrons. The highest BCUT2D eigenvalue weighted by Crippen LogP contribution is 2.42. The van der Waals surface area contributed by atoms with Crippen LogP contribution in [0.4, 0.5) is 0 Å². The molecule has 1 aromatic carbocycles. The van der Waals surface area contributed by atoms with Gasteiger partial charge in [0, 0.05) is 25.6 Å². The third-order valence-corrected chi connectivity index (χ3v) is 4.89. The van der Waals surface area contributed by atoms with E-state index in [4.69, 9.17) is 4.74 Å². The number of ether oxygens (including phenoxy) is 1. The van der Waals surface area contributed by atoms with Crippen molar-refractivity contribution in [2.45, 2.75) is 31.3 Å². The quantitative estimate of drug-likeness (QED) is 0.931. The Labute approximate surface area is 133 Å². The summed E-state index contributed by atoms with van der Waals surface area (Å²) in [4.78, 5) is 2.45. The fourth-order valence-electron chi connectivity index (χ4n) is 3.67. The lowest BCUT2D eigenvalue weighted by Gasteiger charge is -2.43. The van der Waals surface area contributed by atoms with Crippen LogP contribution in [-0.2, 0) is 10.3 Å². The minimum Gasteiger partial charge on any atom is -0.385 e. The highest BCUT2D eigenvalue weighted by molar-refractivity contribution is 5.85. The molecule has 2 fully saturated rings. The molecule has 1 heterocycles. The number of rotatable bonds is 3. The lowest BCUT2D eigenvalue weighted by Crippen LogP contribution is -2.47.